The van der Waals surface area contributed by atoms with Gasteiger partial charge in [0.25, 0.3) is 0 Å². The zero-order valence-corrected chi connectivity index (χ0v) is 8.34. The summed E-state index contributed by atoms with van der Waals surface area (Å²) in [4.78, 5) is 11.2. The number of carbonyl (C=O) groups excluding carboxylic acids is 1. The summed E-state index contributed by atoms with van der Waals surface area (Å²) in [5, 5.41) is 8.90. The van der Waals surface area contributed by atoms with Crippen LogP contribution in [-0.4, -0.2) is 18.2 Å². The van der Waals surface area contributed by atoms with Crippen LogP contribution in [0.1, 0.15) is 21.5 Å². The fraction of sp³-hybridized carbons (Fsp3) is 0.300. The largest absolute Gasteiger partial charge is 0.465 e. The number of hydrogen-bond acceptors (Lipinski definition) is 3. The number of aliphatic hydroxyl groups is 1. The zero-order valence-electron chi connectivity index (χ0n) is 8.34. The molecule has 0 amide bonds. The van der Waals surface area contributed by atoms with E-state index in [0.29, 0.717) is 0 Å². The number of aliphatic hydroxyl groups excluding tert-OH is 1. The Kier molecular flexibility index (Phi) is 3.54. The van der Waals surface area contributed by atoms with E-state index in [0.717, 1.165) is 19.2 Å². The maximum absolute atomic E-state index is 12.5. The molecule has 1 aromatic rings. The van der Waals surface area contributed by atoms with E-state index < -0.39 is 29.9 Å². The van der Waals surface area contributed by atoms with Crippen LogP contribution in [0.5, 0.6) is 0 Å². The first-order valence-electron chi connectivity index (χ1n) is 4.30. The van der Waals surface area contributed by atoms with E-state index in [1.54, 1.807) is 0 Å². The van der Waals surface area contributed by atoms with Crippen LogP contribution >= 0.6 is 0 Å². The Balaban J connectivity index is 3.38. The van der Waals surface area contributed by atoms with Crippen LogP contribution in [0.25, 0.3) is 0 Å². The Labute approximate surface area is 89.5 Å². The van der Waals surface area contributed by atoms with Gasteiger partial charge in [-0.05, 0) is 12.1 Å². The highest BCUT2D eigenvalue weighted by molar-refractivity contribution is 5.91. The molecular formula is C10H9F3O3. The molecule has 1 N–H and O–H groups in total. The number of alkyl halides is 3. The predicted octanol–water partition coefficient (Wildman–Crippen LogP) is 1.98. The van der Waals surface area contributed by atoms with E-state index in [2.05, 4.69) is 4.74 Å². The van der Waals surface area contributed by atoms with Crippen LogP contribution in [0.2, 0.25) is 0 Å². The molecule has 0 aliphatic heterocycles. The van der Waals surface area contributed by atoms with E-state index in [1.807, 2.05) is 0 Å². The number of methoxy groups -OCH3 is 1. The van der Waals surface area contributed by atoms with Crippen molar-refractivity contribution in [3.63, 3.8) is 0 Å². The molecule has 0 aliphatic rings. The van der Waals surface area contributed by atoms with E-state index in [9.17, 15) is 18.0 Å². The Morgan fingerprint density at radius 3 is 2.50 bits per heavy atom. The van der Waals surface area contributed by atoms with Crippen LogP contribution in [0.3, 0.4) is 0 Å². The molecule has 6 heteroatoms. The second kappa shape index (κ2) is 4.52. The average molecular weight is 234 g/mol. The molecule has 0 atom stereocenters. The lowest BCUT2D eigenvalue weighted by atomic mass is 10.0. The monoisotopic (exact) mass is 234 g/mol. The molecule has 1 aromatic carbocycles. The molecule has 0 aromatic heterocycles. The number of hydrogen-bond donors (Lipinski definition) is 1. The molecule has 3 nitrogen and oxygen atoms in total. The Bertz CT molecular complexity index is 399. The van der Waals surface area contributed by atoms with Crippen LogP contribution in [0.4, 0.5) is 13.2 Å². The van der Waals surface area contributed by atoms with Gasteiger partial charge < -0.3 is 9.84 Å². The third-order valence-electron chi connectivity index (χ3n) is 2.04. The highest BCUT2D eigenvalue weighted by Crippen LogP contribution is 2.33. The highest BCUT2D eigenvalue weighted by Gasteiger charge is 2.34. The molecule has 0 bridgehead atoms. The third kappa shape index (κ3) is 2.33. The number of carbonyl (C=O) groups is 1. The summed E-state index contributed by atoms with van der Waals surface area (Å²) >= 11 is 0. The van der Waals surface area contributed by atoms with Crippen molar-refractivity contribution in [3.05, 3.63) is 34.9 Å². The minimum atomic E-state index is -4.61. The van der Waals surface area contributed by atoms with Crippen molar-refractivity contribution in [1.82, 2.24) is 0 Å². The maximum atomic E-state index is 12.5. The van der Waals surface area contributed by atoms with Crippen molar-refractivity contribution in [2.24, 2.45) is 0 Å². The number of esters is 1. The van der Waals surface area contributed by atoms with Gasteiger partial charge in [-0.25, -0.2) is 4.79 Å². The van der Waals surface area contributed by atoms with Gasteiger partial charge in [0.2, 0.25) is 0 Å². The van der Waals surface area contributed by atoms with Crippen molar-refractivity contribution >= 4 is 5.97 Å². The van der Waals surface area contributed by atoms with Crippen LogP contribution in [-0.2, 0) is 17.5 Å². The van der Waals surface area contributed by atoms with Gasteiger partial charge in [-0.15, -0.1) is 0 Å². The summed E-state index contributed by atoms with van der Waals surface area (Å²) in [6, 6.07) is 3.07. The fourth-order valence-electron chi connectivity index (χ4n) is 1.32. The number of rotatable bonds is 2. The van der Waals surface area contributed by atoms with Crippen LogP contribution < -0.4 is 0 Å². The van der Waals surface area contributed by atoms with E-state index >= 15 is 0 Å². The molecule has 0 aliphatic carbocycles. The lowest BCUT2D eigenvalue weighted by molar-refractivity contribution is -0.138. The summed E-state index contributed by atoms with van der Waals surface area (Å²) in [6.45, 7) is -0.875. The lowest BCUT2D eigenvalue weighted by Crippen LogP contribution is -2.14. The number of ether oxygens (including phenoxy) is 1. The summed E-state index contributed by atoms with van der Waals surface area (Å²) in [5.41, 5.74) is -1.78. The smallest absolute Gasteiger partial charge is 0.416 e. The maximum Gasteiger partial charge on any atom is 0.416 e. The minimum absolute atomic E-state index is 0.278. The molecule has 0 unspecified atom stereocenters. The SMILES string of the molecule is COC(=O)c1cccc(C(F)(F)F)c1CO. The van der Waals surface area contributed by atoms with Gasteiger partial charge in [0.15, 0.2) is 0 Å². The first kappa shape index (κ1) is 12.5. The standard InChI is InChI=1S/C10H9F3O3/c1-16-9(15)6-3-2-4-8(7(6)5-14)10(11,12)13/h2-4,14H,5H2,1H3. The Hall–Kier alpha value is -1.56. The van der Waals surface area contributed by atoms with Gasteiger partial charge >= 0.3 is 12.1 Å². The second-order valence-corrected chi connectivity index (χ2v) is 2.98. The molecule has 0 fully saturated rings. The number of benzene rings is 1. The first-order chi connectivity index (χ1) is 7.41. The molecule has 0 saturated heterocycles. The topological polar surface area (TPSA) is 46.5 Å². The normalized spacial score (nSPS) is 11.3. The van der Waals surface area contributed by atoms with Gasteiger partial charge in [-0.3, -0.25) is 0 Å². The van der Waals surface area contributed by atoms with E-state index in [4.69, 9.17) is 5.11 Å². The zero-order chi connectivity index (χ0) is 12.3. The molecule has 0 radical (unpaired) electrons. The Morgan fingerprint density at radius 2 is 2.06 bits per heavy atom. The molecule has 16 heavy (non-hydrogen) atoms. The summed E-state index contributed by atoms with van der Waals surface area (Å²) in [5.74, 6) is -0.907. The first-order valence-corrected chi connectivity index (χ1v) is 4.30. The van der Waals surface area contributed by atoms with Gasteiger partial charge in [0, 0.05) is 5.56 Å². The molecular weight excluding hydrogens is 225 g/mol. The quantitative estimate of drug-likeness (QED) is 0.796. The summed E-state index contributed by atoms with van der Waals surface area (Å²) < 4.78 is 41.9. The van der Waals surface area contributed by atoms with Crippen molar-refractivity contribution in [2.75, 3.05) is 7.11 Å². The van der Waals surface area contributed by atoms with Crippen molar-refractivity contribution in [3.8, 4) is 0 Å². The van der Waals surface area contributed by atoms with Crippen molar-refractivity contribution < 1.29 is 27.8 Å². The molecule has 1 rings (SSSR count). The Morgan fingerprint density at radius 1 is 1.44 bits per heavy atom. The van der Waals surface area contributed by atoms with Gasteiger partial charge in [0.05, 0.1) is 24.8 Å². The second-order valence-electron chi connectivity index (χ2n) is 2.98. The lowest BCUT2D eigenvalue weighted by Gasteiger charge is -2.13. The molecule has 88 valence electrons. The van der Waals surface area contributed by atoms with E-state index in [-0.39, 0.29) is 5.56 Å². The molecule has 0 spiro atoms. The van der Waals surface area contributed by atoms with Gasteiger partial charge in [-0.1, -0.05) is 6.07 Å². The van der Waals surface area contributed by atoms with Crippen LogP contribution in [0, 0.1) is 0 Å². The summed E-state index contributed by atoms with van der Waals surface area (Å²) in [6.07, 6.45) is -4.61. The minimum Gasteiger partial charge on any atom is -0.465 e. The predicted molar refractivity (Wildman–Crippen MR) is 48.7 cm³/mol. The van der Waals surface area contributed by atoms with E-state index in [1.165, 1.54) is 6.07 Å². The number of halogens is 3. The van der Waals surface area contributed by atoms with Gasteiger partial charge in [0.1, 0.15) is 0 Å². The third-order valence-corrected chi connectivity index (χ3v) is 2.04. The van der Waals surface area contributed by atoms with Crippen LogP contribution in [0.15, 0.2) is 18.2 Å². The van der Waals surface area contributed by atoms with Gasteiger partial charge in [-0.2, -0.15) is 13.2 Å². The summed E-state index contributed by atoms with van der Waals surface area (Å²) in [7, 11) is 1.06. The average Bonchev–Trinajstić information content (AvgIpc) is 2.25. The molecule has 0 heterocycles. The molecule has 0 saturated carbocycles. The fourth-order valence-corrected chi connectivity index (χ4v) is 1.32. The highest BCUT2D eigenvalue weighted by atomic mass is 19.4. The van der Waals surface area contributed by atoms with Crippen molar-refractivity contribution in [2.45, 2.75) is 12.8 Å². The van der Waals surface area contributed by atoms with Crippen molar-refractivity contribution in [1.29, 1.82) is 0 Å².